The summed E-state index contributed by atoms with van der Waals surface area (Å²) >= 11 is 0. The Morgan fingerprint density at radius 1 is 1.22 bits per heavy atom. The molecule has 0 aliphatic rings. The lowest BCUT2D eigenvalue weighted by atomic mass is 10.1. The Labute approximate surface area is 180 Å². The number of aromatic nitrogens is 4. The summed E-state index contributed by atoms with van der Waals surface area (Å²) in [6.45, 7) is -3.00. The number of fused-ring (bicyclic) bond motifs is 1. The largest absolute Gasteiger partial charge is 0.456 e. The van der Waals surface area contributed by atoms with Crippen molar-refractivity contribution < 1.29 is 27.8 Å². The van der Waals surface area contributed by atoms with Crippen molar-refractivity contribution >= 4 is 22.9 Å². The molecule has 1 N–H and O–H groups in total. The average Bonchev–Trinajstić information content (AvgIpc) is 3.14. The van der Waals surface area contributed by atoms with Gasteiger partial charge in [0.15, 0.2) is 12.3 Å². The third-order valence-corrected chi connectivity index (χ3v) is 4.52. The summed E-state index contributed by atoms with van der Waals surface area (Å²) in [5.41, 5.74) is 0.943. The predicted molar refractivity (Wildman–Crippen MR) is 108 cm³/mol. The van der Waals surface area contributed by atoms with E-state index in [1.807, 2.05) is 0 Å². The van der Waals surface area contributed by atoms with Gasteiger partial charge in [0.2, 0.25) is 0 Å². The first-order valence-corrected chi connectivity index (χ1v) is 9.66. The number of alkyl halides is 2. The van der Waals surface area contributed by atoms with E-state index in [1.54, 1.807) is 19.2 Å². The van der Waals surface area contributed by atoms with Gasteiger partial charge in [0.1, 0.15) is 11.1 Å². The first kappa shape index (κ1) is 22.8. The Morgan fingerprint density at radius 3 is 2.69 bits per heavy atom. The third-order valence-electron chi connectivity index (χ3n) is 4.52. The van der Waals surface area contributed by atoms with Gasteiger partial charge in [-0.25, -0.2) is 4.98 Å². The number of halogens is 2. The molecule has 0 bridgehead atoms. The molecule has 32 heavy (non-hydrogen) atoms. The van der Waals surface area contributed by atoms with Crippen molar-refractivity contribution in [2.24, 2.45) is 7.05 Å². The second-order valence-corrected chi connectivity index (χ2v) is 6.78. The summed E-state index contributed by atoms with van der Waals surface area (Å²) < 4.78 is 36.2. The van der Waals surface area contributed by atoms with E-state index in [1.165, 1.54) is 33.9 Å². The zero-order valence-electron chi connectivity index (χ0n) is 17.2. The number of amides is 1. The van der Waals surface area contributed by atoms with E-state index in [9.17, 15) is 23.2 Å². The minimum absolute atomic E-state index is 0.0538. The van der Waals surface area contributed by atoms with Gasteiger partial charge >= 0.3 is 12.6 Å². The van der Waals surface area contributed by atoms with E-state index in [4.69, 9.17) is 4.74 Å². The average molecular weight is 449 g/mol. The van der Waals surface area contributed by atoms with Crippen molar-refractivity contribution in [2.45, 2.75) is 26.0 Å². The zero-order chi connectivity index (χ0) is 23.1. The fourth-order valence-electron chi connectivity index (χ4n) is 2.89. The highest BCUT2D eigenvalue weighted by atomic mass is 19.3. The highest BCUT2D eigenvalue weighted by molar-refractivity contribution is 5.80. The molecule has 1 aromatic carbocycles. The van der Waals surface area contributed by atoms with Gasteiger partial charge in [-0.05, 0) is 24.1 Å². The summed E-state index contributed by atoms with van der Waals surface area (Å²) in [6.07, 6.45) is 3.10. The second-order valence-electron chi connectivity index (χ2n) is 6.78. The summed E-state index contributed by atoms with van der Waals surface area (Å²) in [7, 11) is 1.67. The van der Waals surface area contributed by atoms with Gasteiger partial charge in [-0.3, -0.25) is 23.6 Å². The lowest BCUT2D eigenvalue weighted by Crippen LogP contribution is -2.30. The van der Waals surface area contributed by atoms with Crippen molar-refractivity contribution in [1.29, 1.82) is 0 Å². The molecule has 0 aliphatic heterocycles. The van der Waals surface area contributed by atoms with Crippen LogP contribution in [0.15, 0.2) is 41.6 Å². The van der Waals surface area contributed by atoms with Crippen LogP contribution in [-0.4, -0.2) is 51.0 Å². The number of carbonyl (C=O) groups excluding carboxylic acids is 2. The first-order chi connectivity index (χ1) is 15.3. The van der Waals surface area contributed by atoms with E-state index in [0.717, 1.165) is 5.56 Å². The van der Waals surface area contributed by atoms with Gasteiger partial charge in [0, 0.05) is 20.1 Å². The highest BCUT2D eigenvalue weighted by Crippen LogP contribution is 2.15. The first-order valence-electron chi connectivity index (χ1n) is 9.66. The number of hydrogen-bond donors (Lipinski definition) is 1. The van der Waals surface area contributed by atoms with E-state index >= 15 is 0 Å². The SMILES string of the molecule is Cn1ncc2c(=O)n(CCC(=O)OCC(=O)NCCc3ccc(OC(F)F)cc3)cnc21. The highest BCUT2D eigenvalue weighted by Gasteiger charge is 2.11. The molecule has 2 aromatic heterocycles. The zero-order valence-corrected chi connectivity index (χ0v) is 17.2. The molecule has 2 heterocycles. The molecule has 0 aliphatic carbocycles. The number of esters is 1. The van der Waals surface area contributed by atoms with Gasteiger partial charge < -0.3 is 14.8 Å². The molecule has 0 saturated carbocycles. The number of aryl methyl sites for hydroxylation is 2. The number of nitrogens with zero attached hydrogens (tertiary/aromatic N) is 4. The molecule has 0 unspecified atom stereocenters. The molecule has 0 radical (unpaired) electrons. The maximum absolute atomic E-state index is 12.3. The van der Waals surface area contributed by atoms with Crippen LogP contribution in [0.5, 0.6) is 5.75 Å². The van der Waals surface area contributed by atoms with E-state index < -0.39 is 25.1 Å². The van der Waals surface area contributed by atoms with Gasteiger partial charge in [-0.1, -0.05) is 12.1 Å². The number of ether oxygens (including phenoxy) is 2. The Kier molecular flexibility index (Phi) is 7.47. The topological polar surface area (TPSA) is 117 Å². The van der Waals surface area contributed by atoms with Crippen molar-refractivity contribution in [3.8, 4) is 5.75 Å². The Hall–Kier alpha value is -3.83. The van der Waals surface area contributed by atoms with Crippen LogP contribution in [0.25, 0.3) is 11.0 Å². The van der Waals surface area contributed by atoms with Crippen molar-refractivity contribution in [3.63, 3.8) is 0 Å². The van der Waals surface area contributed by atoms with Crippen LogP contribution in [0, 0.1) is 0 Å². The number of carbonyl (C=O) groups is 2. The molecular formula is C20H21F2N5O5. The van der Waals surface area contributed by atoms with Crippen LogP contribution in [0.3, 0.4) is 0 Å². The minimum Gasteiger partial charge on any atom is -0.456 e. The van der Waals surface area contributed by atoms with Crippen molar-refractivity contribution in [3.05, 3.63) is 52.7 Å². The van der Waals surface area contributed by atoms with Crippen LogP contribution >= 0.6 is 0 Å². The fraction of sp³-hybridized carbons (Fsp3) is 0.350. The van der Waals surface area contributed by atoms with Gasteiger partial charge in [-0.15, -0.1) is 0 Å². The molecule has 10 nitrogen and oxygen atoms in total. The smallest absolute Gasteiger partial charge is 0.387 e. The number of benzene rings is 1. The van der Waals surface area contributed by atoms with Crippen LogP contribution in [0.1, 0.15) is 12.0 Å². The van der Waals surface area contributed by atoms with E-state index in [2.05, 4.69) is 20.1 Å². The molecule has 1 amide bonds. The second kappa shape index (κ2) is 10.5. The van der Waals surface area contributed by atoms with Crippen LogP contribution in [0.2, 0.25) is 0 Å². The monoisotopic (exact) mass is 449 g/mol. The maximum Gasteiger partial charge on any atom is 0.387 e. The summed E-state index contributed by atoms with van der Waals surface area (Å²) in [5.74, 6) is -1.06. The molecule has 0 atom stereocenters. The maximum atomic E-state index is 12.3. The Balaban J connectivity index is 1.36. The van der Waals surface area contributed by atoms with Crippen LogP contribution in [-0.2, 0) is 34.3 Å². The molecule has 170 valence electrons. The van der Waals surface area contributed by atoms with Gasteiger partial charge in [-0.2, -0.15) is 13.9 Å². The quantitative estimate of drug-likeness (QED) is 0.459. The standard InChI is InChI=1S/C20H21F2N5O5/c1-26-18-15(10-25-26)19(30)27(12-24-18)9-7-17(29)31-11-16(28)23-8-6-13-2-4-14(5-3-13)32-20(21)22/h2-5,10,12,20H,6-9,11H2,1H3,(H,23,28). The molecule has 12 heteroatoms. The number of hydrogen-bond acceptors (Lipinski definition) is 7. The molecule has 0 spiro atoms. The van der Waals surface area contributed by atoms with Gasteiger partial charge in [0.05, 0.1) is 18.9 Å². The fourth-order valence-corrected chi connectivity index (χ4v) is 2.89. The molecular weight excluding hydrogens is 428 g/mol. The molecule has 3 rings (SSSR count). The van der Waals surface area contributed by atoms with E-state index in [-0.39, 0.29) is 30.8 Å². The lowest BCUT2D eigenvalue weighted by molar-refractivity contribution is -0.148. The molecule has 0 saturated heterocycles. The normalized spacial score (nSPS) is 11.0. The third kappa shape index (κ3) is 6.09. The lowest BCUT2D eigenvalue weighted by Gasteiger charge is -2.08. The number of nitrogens with one attached hydrogen (secondary N) is 1. The Bertz CT molecular complexity index is 1140. The van der Waals surface area contributed by atoms with E-state index in [0.29, 0.717) is 17.5 Å². The minimum atomic E-state index is -2.88. The summed E-state index contributed by atoms with van der Waals surface area (Å²) in [4.78, 5) is 40.2. The summed E-state index contributed by atoms with van der Waals surface area (Å²) in [6, 6.07) is 6.06. The predicted octanol–water partition coefficient (Wildman–Crippen LogP) is 1.02. The number of rotatable bonds is 10. The van der Waals surface area contributed by atoms with Crippen LogP contribution in [0.4, 0.5) is 8.78 Å². The van der Waals surface area contributed by atoms with Gasteiger partial charge in [0.25, 0.3) is 11.5 Å². The van der Waals surface area contributed by atoms with Crippen molar-refractivity contribution in [2.75, 3.05) is 13.2 Å². The summed E-state index contributed by atoms with van der Waals surface area (Å²) in [5, 5.41) is 6.91. The molecule has 0 fully saturated rings. The Morgan fingerprint density at radius 2 is 1.97 bits per heavy atom. The van der Waals surface area contributed by atoms with Crippen molar-refractivity contribution in [1.82, 2.24) is 24.6 Å². The molecule has 3 aromatic rings. The van der Waals surface area contributed by atoms with Crippen LogP contribution < -0.4 is 15.6 Å².